The van der Waals surface area contributed by atoms with Crippen LogP contribution in [-0.4, -0.2) is 52.7 Å². The zero-order valence-electron chi connectivity index (χ0n) is 19.8. The van der Waals surface area contributed by atoms with Gasteiger partial charge in [-0.1, -0.05) is 66.8 Å². The zero-order valence-corrected chi connectivity index (χ0v) is 20.6. The average molecular weight is 494 g/mol. The van der Waals surface area contributed by atoms with Crippen LogP contribution in [0, 0.1) is 12.8 Å². The van der Waals surface area contributed by atoms with Crippen molar-refractivity contribution in [1.29, 1.82) is 0 Å². The number of benzene rings is 2. The molecule has 0 saturated carbocycles. The highest BCUT2D eigenvalue weighted by Crippen LogP contribution is 2.44. The Morgan fingerprint density at radius 3 is 2.29 bits per heavy atom. The van der Waals surface area contributed by atoms with Crippen LogP contribution in [0.5, 0.6) is 0 Å². The number of hydrogen-bond acceptors (Lipinski definition) is 6. The fraction of sp³-hybridized carbons (Fsp3) is 0.308. The molecule has 0 radical (unpaired) electrons. The van der Waals surface area contributed by atoms with Crippen molar-refractivity contribution in [2.75, 3.05) is 25.0 Å². The highest BCUT2D eigenvalue weighted by atomic mass is 32.1. The molecule has 35 heavy (non-hydrogen) atoms. The molecule has 2 N–H and O–H groups in total. The summed E-state index contributed by atoms with van der Waals surface area (Å²) in [5, 5.41) is 12.0. The molecule has 9 heteroatoms. The van der Waals surface area contributed by atoms with Crippen molar-refractivity contribution in [2.24, 2.45) is 5.92 Å². The molecule has 1 aromatic heterocycles. The smallest absolute Gasteiger partial charge is 0.413 e. The van der Waals surface area contributed by atoms with Gasteiger partial charge in [0, 0.05) is 19.0 Å². The summed E-state index contributed by atoms with van der Waals surface area (Å²) in [6, 6.07) is 16.2. The van der Waals surface area contributed by atoms with Crippen molar-refractivity contribution in [3.05, 3.63) is 70.2 Å². The first-order chi connectivity index (χ1) is 16.8. The molecule has 0 bridgehead atoms. The number of rotatable bonds is 8. The quantitative estimate of drug-likeness (QED) is 0.457. The number of carbonyl (C=O) groups is 3. The third-order valence-electron chi connectivity index (χ3n) is 6.13. The van der Waals surface area contributed by atoms with E-state index in [1.165, 1.54) is 4.90 Å². The molecule has 2 aromatic carbocycles. The maximum atomic E-state index is 12.9. The fourth-order valence-corrected chi connectivity index (χ4v) is 5.20. The number of carbonyl (C=O) groups excluding carboxylic acids is 2. The molecule has 2 amide bonds. The molecule has 3 aromatic rings. The molecule has 4 rings (SSSR count). The van der Waals surface area contributed by atoms with Crippen molar-refractivity contribution in [3.63, 3.8) is 0 Å². The van der Waals surface area contributed by atoms with Gasteiger partial charge in [0.05, 0.1) is 11.6 Å². The summed E-state index contributed by atoms with van der Waals surface area (Å²) < 4.78 is 5.56. The third-order valence-corrected chi connectivity index (χ3v) is 7.19. The Bertz CT molecular complexity index is 1230. The summed E-state index contributed by atoms with van der Waals surface area (Å²) in [6.07, 6.45) is -0.647. The van der Waals surface area contributed by atoms with E-state index >= 15 is 0 Å². The number of thiazole rings is 1. The number of aryl methyl sites for hydroxylation is 1. The minimum atomic E-state index is -0.963. The van der Waals surface area contributed by atoms with Crippen LogP contribution in [0.3, 0.4) is 0 Å². The van der Waals surface area contributed by atoms with E-state index in [0.717, 1.165) is 33.6 Å². The first-order valence-electron chi connectivity index (χ1n) is 11.4. The highest BCUT2D eigenvalue weighted by molar-refractivity contribution is 7.17. The van der Waals surface area contributed by atoms with Crippen LogP contribution in [-0.2, 0) is 9.53 Å². The second kappa shape index (κ2) is 10.3. The lowest BCUT2D eigenvalue weighted by atomic mass is 9.98. The van der Waals surface area contributed by atoms with Crippen LogP contribution in [0.4, 0.5) is 9.93 Å². The number of nitrogens with one attached hydrogen (secondary N) is 1. The van der Waals surface area contributed by atoms with Crippen LogP contribution >= 0.6 is 11.3 Å². The van der Waals surface area contributed by atoms with Crippen molar-refractivity contribution in [1.82, 2.24) is 9.88 Å². The molecule has 8 nitrogen and oxygen atoms in total. The van der Waals surface area contributed by atoms with Gasteiger partial charge in [0.15, 0.2) is 5.13 Å². The minimum Gasteiger partial charge on any atom is -0.481 e. The number of ether oxygens (including phenoxy) is 1. The normalized spacial score (nSPS) is 13.0. The van der Waals surface area contributed by atoms with E-state index in [9.17, 15) is 14.4 Å². The molecule has 0 spiro atoms. The Labute approximate surface area is 207 Å². The van der Waals surface area contributed by atoms with Gasteiger partial charge in [0.25, 0.3) is 5.91 Å². The Kier molecular flexibility index (Phi) is 7.16. The number of carboxylic acid groups (broad SMARTS) is 1. The van der Waals surface area contributed by atoms with E-state index in [4.69, 9.17) is 9.84 Å². The number of fused-ring (bicyclic) bond motifs is 3. The van der Waals surface area contributed by atoms with Gasteiger partial charge in [-0.25, -0.2) is 9.78 Å². The molecule has 1 unspecified atom stereocenters. The van der Waals surface area contributed by atoms with Crippen LogP contribution in [0.25, 0.3) is 11.1 Å². The largest absolute Gasteiger partial charge is 0.481 e. The predicted molar refractivity (Wildman–Crippen MR) is 134 cm³/mol. The van der Waals surface area contributed by atoms with Gasteiger partial charge in [-0.3, -0.25) is 14.9 Å². The van der Waals surface area contributed by atoms with Crippen molar-refractivity contribution in [2.45, 2.75) is 26.7 Å². The Hall–Kier alpha value is -3.72. The Morgan fingerprint density at radius 2 is 1.71 bits per heavy atom. The zero-order chi connectivity index (χ0) is 25.1. The van der Waals surface area contributed by atoms with Gasteiger partial charge in [0.1, 0.15) is 11.5 Å². The topological polar surface area (TPSA) is 109 Å². The molecular formula is C26H27N3O5S. The van der Waals surface area contributed by atoms with Gasteiger partial charge >= 0.3 is 12.1 Å². The fourth-order valence-electron chi connectivity index (χ4n) is 4.28. The van der Waals surface area contributed by atoms with Gasteiger partial charge in [-0.2, -0.15) is 0 Å². The van der Waals surface area contributed by atoms with Gasteiger partial charge in [0.2, 0.25) is 0 Å². The highest BCUT2D eigenvalue weighted by Gasteiger charge is 2.29. The van der Waals surface area contributed by atoms with Crippen molar-refractivity contribution in [3.8, 4) is 11.1 Å². The number of aromatic nitrogens is 1. The summed E-state index contributed by atoms with van der Waals surface area (Å²) in [7, 11) is 0. The number of aliphatic carboxylic acids is 1. The first kappa shape index (κ1) is 24.4. The van der Waals surface area contributed by atoms with Gasteiger partial charge in [-0.05, 0) is 36.1 Å². The molecule has 182 valence electrons. The standard InChI is InChI=1S/C26H27N3O5S/c1-4-29(13-15(2)24(31)32)23(30)22-16(3)27-25(35-22)28-26(33)34-14-21-19-11-7-5-9-17(19)18-10-6-8-12-20(18)21/h5-12,15,21H,4,13-14H2,1-3H3,(H,31,32)(H,27,28,33). The lowest BCUT2D eigenvalue weighted by molar-refractivity contribution is -0.141. The summed E-state index contributed by atoms with van der Waals surface area (Å²) in [4.78, 5) is 42.8. The molecule has 0 aliphatic heterocycles. The molecule has 1 aliphatic rings. The SMILES string of the molecule is CCN(CC(C)C(=O)O)C(=O)c1sc(NC(=O)OCC2c3ccccc3-c3ccccc32)nc1C. The Morgan fingerprint density at radius 1 is 1.11 bits per heavy atom. The van der Waals surface area contributed by atoms with Crippen LogP contribution < -0.4 is 5.32 Å². The van der Waals surface area contributed by atoms with E-state index in [2.05, 4.69) is 22.4 Å². The number of amides is 2. The first-order valence-corrected chi connectivity index (χ1v) is 12.2. The molecule has 0 saturated heterocycles. The van der Waals surface area contributed by atoms with Gasteiger partial charge in [-0.15, -0.1) is 0 Å². The molecule has 0 fully saturated rings. The van der Waals surface area contributed by atoms with E-state index in [1.807, 2.05) is 36.4 Å². The molecule has 1 atom stereocenters. The van der Waals surface area contributed by atoms with E-state index < -0.39 is 18.0 Å². The van der Waals surface area contributed by atoms with Crippen LogP contribution in [0.1, 0.15) is 46.3 Å². The van der Waals surface area contributed by atoms with Gasteiger partial charge < -0.3 is 14.7 Å². The van der Waals surface area contributed by atoms with E-state index in [0.29, 0.717) is 17.1 Å². The van der Waals surface area contributed by atoms with Crippen molar-refractivity contribution >= 4 is 34.4 Å². The maximum absolute atomic E-state index is 12.9. The maximum Gasteiger partial charge on any atom is 0.413 e. The van der Waals surface area contributed by atoms with Crippen LogP contribution in [0.2, 0.25) is 0 Å². The van der Waals surface area contributed by atoms with Crippen molar-refractivity contribution < 1.29 is 24.2 Å². The average Bonchev–Trinajstić information content (AvgIpc) is 3.37. The second-order valence-corrected chi connectivity index (χ2v) is 9.47. The summed E-state index contributed by atoms with van der Waals surface area (Å²) in [6.45, 7) is 5.66. The van der Waals surface area contributed by atoms with E-state index in [1.54, 1.807) is 20.8 Å². The van der Waals surface area contributed by atoms with Crippen LogP contribution in [0.15, 0.2) is 48.5 Å². The summed E-state index contributed by atoms with van der Waals surface area (Å²) >= 11 is 1.05. The predicted octanol–water partition coefficient (Wildman–Crippen LogP) is 5.00. The molecule has 1 aliphatic carbocycles. The monoisotopic (exact) mass is 493 g/mol. The number of carboxylic acids is 1. The summed E-state index contributed by atoms with van der Waals surface area (Å²) in [5.41, 5.74) is 5.00. The number of hydrogen-bond donors (Lipinski definition) is 2. The lowest BCUT2D eigenvalue weighted by Crippen LogP contribution is -2.36. The third kappa shape index (κ3) is 5.05. The molecular weight excluding hydrogens is 466 g/mol. The van der Waals surface area contributed by atoms with E-state index in [-0.39, 0.29) is 30.1 Å². The second-order valence-electron chi connectivity index (χ2n) is 8.47. The summed E-state index contributed by atoms with van der Waals surface area (Å²) in [5.74, 6) is -2.02. The number of anilines is 1. The minimum absolute atomic E-state index is 0.0577. The molecule has 1 heterocycles. The lowest BCUT2D eigenvalue weighted by Gasteiger charge is -2.22. The number of nitrogens with zero attached hydrogens (tertiary/aromatic N) is 2. The Balaban J connectivity index is 1.41.